The summed E-state index contributed by atoms with van der Waals surface area (Å²) >= 11 is 0. The second-order valence-electron chi connectivity index (χ2n) is 6.08. The molecule has 4 rings (SSSR count). The Hall–Kier alpha value is -2.89. The van der Waals surface area contributed by atoms with E-state index in [2.05, 4.69) is 20.5 Å². The van der Waals surface area contributed by atoms with Gasteiger partial charge in [-0.1, -0.05) is 6.07 Å². The second kappa shape index (κ2) is 5.96. The topological polar surface area (TPSA) is 74.3 Å². The van der Waals surface area contributed by atoms with Gasteiger partial charge in [-0.15, -0.1) is 0 Å². The fourth-order valence-electron chi connectivity index (χ4n) is 3.35. The Morgan fingerprint density at radius 3 is 3.08 bits per heavy atom. The van der Waals surface area contributed by atoms with Gasteiger partial charge in [-0.05, 0) is 43.2 Å². The number of hydrogen-bond donors (Lipinski definition) is 2. The van der Waals surface area contributed by atoms with Crippen molar-refractivity contribution in [3.05, 3.63) is 53.9 Å². The molecule has 2 amide bonds. The van der Waals surface area contributed by atoms with Crippen LogP contribution >= 0.6 is 0 Å². The molecule has 3 heterocycles. The van der Waals surface area contributed by atoms with E-state index in [1.165, 1.54) is 0 Å². The van der Waals surface area contributed by atoms with Gasteiger partial charge in [0.25, 0.3) is 5.91 Å². The van der Waals surface area contributed by atoms with E-state index in [4.69, 9.17) is 0 Å². The number of pyridine rings is 1. The lowest BCUT2D eigenvalue weighted by atomic mass is 10.1. The molecule has 0 saturated carbocycles. The van der Waals surface area contributed by atoms with Crippen LogP contribution in [0.1, 0.15) is 28.9 Å². The molecule has 1 unspecified atom stereocenters. The number of nitrogens with zero attached hydrogens (tertiary/aromatic N) is 2. The molecule has 24 heavy (non-hydrogen) atoms. The van der Waals surface area contributed by atoms with Crippen molar-refractivity contribution in [3.63, 3.8) is 0 Å². The lowest BCUT2D eigenvalue weighted by Crippen LogP contribution is -2.44. The molecule has 1 fully saturated rings. The maximum absolute atomic E-state index is 12.3. The lowest BCUT2D eigenvalue weighted by Gasteiger charge is -2.33. The third-order valence-corrected chi connectivity index (χ3v) is 4.54. The standard InChI is InChI=1S/C18H18N4O2/c23-17(20-11-13-4-1-2-8-19-13)12-6-7-15-14(10-12)21-18(24)16-5-3-9-22(15)16/h1-2,4,6-8,10,16H,3,5,9,11H2,(H,20,23)(H,21,24). The van der Waals surface area contributed by atoms with Gasteiger partial charge in [-0.2, -0.15) is 0 Å². The van der Waals surface area contributed by atoms with Crippen LogP contribution in [-0.2, 0) is 11.3 Å². The van der Waals surface area contributed by atoms with Crippen molar-refractivity contribution in [3.8, 4) is 0 Å². The van der Waals surface area contributed by atoms with E-state index in [-0.39, 0.29) is 17.9 Å². The van der Waals surface area contributed by atoms with Gasteiger partial charge < -0.3 is 15.5 Å². The van der Waals surface area contributed by atoms with Crippen LogP contribution in [0.5, 0.6) is 0 Å². The zero-order valence-electron chi connectivity index (χ0n) is 13.2. The van der Waals surface area contributed by atoms with Gasteiger partial charge in [-0.25, -0.2) is 0 Å². The van der Waals surface area contributed by atoms with Gasteiger partial charge in [-0.3, -0.25) is 14.6 Å². The highest BCUT2D eigenvalue weighted by molar-refractivity contribution is 6.06. The van der Waals surface area contributed by atoms with Crippen LogP contribution in [0.3, 0.4) is 0 Å². The minimum atomic E-state index is -0.179. The molecule has 2 aliphatic rings. The molecular weight excluding hydrogens is 304 g/mol. The Kier molecular flexibility index (Phi) is 3.65. The van der Waals surface area contributed by atoms with Crippen LogP contribution in [0, 0.1) is 0 Å². The number of carbonyl (C=O) groups is 2. The Balaban J connectivity index is 1.52. The van der Waals surface area contributed by atoms with E-state index in [0.717, 1.165) is 30.8 Å². The van der Waals surface area contributed by atoms with E-state index in [1.807, 2.05) is 24.3 Å². The summed E-state index contributed by atoms with van der Waals surface area (Å²) < 4.78 is 0. The van der Waals surface area contributed by atoms with Crippen LogP contribution in [0.4, 0.5) is 11.4 Å². The van der Waals surface area contributed by atoms with Gasteiger partial charge in [0.1, 0.15) is 6.04 Å². The molecule has 122 valence electrons. The molecule has 2 aromatic rings. The van der Waals surface area contributed by atoms with E-state index < -0.39 is 0 Å². The number of amides is 2. The van der Waals surface area contributed by atoms with E-state index in [0.29, 0.717) is 17.8 Å². The van der Waals surface area contributed by atoms with Gasteiger partial charge >= 0.3 is 0 Å². The first kappa shape index (κ1) is 14.7. The van der Waals surface area contributed by atoms with E-state index in [9.17, 15) is 9.59 Å². The summed E-state index contributed by atoms with van der Waals surface area (Å²) in [6.45, 7) is 1.26. The van der Waals surface area contributed by atoms with Gasteiger partial charge in [0, 0.05) is 18.3 Å². The van der Waals surface area contributed by atoms with Crippen molar-refractivity contribution in [1.82, 2.24) is 10.3 Å². The monoisotopic (exact) mass is 322 g/mol. The quantitative estimate of drug-likeness (QED) is 0.905. The highest BCUT2D eigenvalue weighted by atomic mass is 16.2. The van der Waals surface area contributed by atoms with Gasteiger partial charge in [0.05, 0.1) is 23.6 Å². The fourth-order valence-corrected chi connectivity index (χ4v) is 3.35. The number of nitrogens with one attached hydrogen (secondary N) is 2. The molecule has 1 atom stereocenters. The Bertz CT molecular complexity index is 791. The number of anilines is 2. The van der Waals surface area contributed by atoms with Crippen LogP contribution in [0.15, 0.2) is 42.6 Å². The highest BCUT2D eigenvalue weighted by Crippen LogP contribution is 2.37. The molecule has 1 aromatic heterocycles. The van der Waals surface area contributed by atoms with Crippen molar-refractivity contribution in [1.29, 1.82) is 0 Å². The van der Waals surface area contributed by atoms with Crippen LogP contribution in [-0.4, -0.2) is 29.4 Å². The summed E-state index contributed by atoms with van der Waals surface area (Å²) in [7, 11) is 0. The molecule has 0 aliphatic carbocycles. The molecule has 0 spiro atoms. The largest absolute Gasteiger partial charge is 0.358 e. The maximum atomic E-state index is 12.3. The predicted octanol–water partition coefficient (Wildman–Crippen LogP) is 1.93. The molecule has 0 bridgehead atoms. The second-order valence-corrected chi connectivity index (χ2v) is 6.08. The molecule has 0 radical (unpaired) electrons. The molecule has 1 saturated heterocycles. The number of hydrogen-bond acceptors (Lipinski definition) is 4. The van der Waals surface area contributed by atoms with E-state index in [1.54, 1.807) is 18.3 Å². The number of benzene rings is 1. The third-order valence-electron chi connectivity index (χ3n) is 4.54. The maximum Gasteiger partial charge on any atom is 0.251 e. The third kappa shape index (κ3) is 2.60. The summed E-state index contributed by atoms with van der Waals surface area (Å²) in [5.74, 6) is -0.160. The van der Waals surface area contributed by atoms with Crippen molar-refractivity contribution in [2.24, 2.45) is 0 Å². The minimum Gasteiger partial charge on any atom is -0.358 e. The first-order valence-electron chi connectivity index (χ1n) is 8.12. The molecule has 1 aromatic carbocycles. The Labute approximate surface area is 139 Å². The average Bonchev–Trinajstić information content (AvgIpc) is 3.11. The first-order chi connectivity index (χ1) is 11.7. The molecule has 2 aliphatic heterocycles. The summed E-state index contributed by atoms with van der Waals surface area (Å²) in [6, 6.07) is 11.0. The Morgan fingerprint density at radius 1 is 1.33 bits per heavy atom. The number of carbonyl (C=O) groups excluding carboxylic acids is 2. The zero-order valence-corrected chi connectivity index (χ0v) is 13.2. The van der Waals surface area contributed by atoms with Crippen LogP contribution < -0.4 is 15.5 Å². The minimum absolute atomic E-state index is 0.0195. The van der Waals surface area contributed by atoms with Crippen molar-refractivity contribution >= 4 is 23.2 Å². The number of aromatic nitrogens is 1. The Morgan fingerprint density at radius 2 is 2.25 bits per heavy atom. The van der Waals surface area contributed by atoms with Gasteiger partial charge in [0.2, 0.25) is 5.91 Å². The van der Waals surface area contributed by atoms with Gasteiger partial charge in [0.15, 0.2) is 0 Å². The first-order valence-corrected chi connectivity index (χ1v) is 8.12. The van der Waals surface area contributed by atoms with Crippen LogP contribution in [0.25, 0.3) is 0 Å². The summed E-state index contributed by atoms with van der Waals surface area (Å²) in [6.07, 6.45) is 3.60. The molecule has 6 heteroatoms. The SMILES string of the molecule is O=C(NCc1ccccn1)c1ccc2c(c1)NC(=O)C1CCCN21. The summed E-state index contributed by atoms with van der Waals surface area (Å²) in [5.41, 5.74) is 3.04. The lowest BCUT2D eigenvalue weighted by molar-refractivity contribution is -0.117. The molecular formula is C18H18N4O2. The predicted molar refractivity (Wildman–Crippen MR) is 90.8 cm³/mol. The average molecular weight is 322 g/mol. The van der Waals surface area contributed by atoms with E-state index >= 15 is 0 Å². The molecule has 2 N–H and O–H groups in total. The number of rotatable bonds is 3. The molecule has 6 nitrogen and oxygen atoms in total. The number of fused-ring (bicyclic) bond motifs is 3. The normalized spacial score (nSPS) is 18.6. The fraction of sp³-hybridized carbons (Fsp3) is 0.278. The van der Waals surface area contributed by atoms with Crippen molar-refractivity contribution < 1.29 is 9.59 Å². The van der Waals surface area contributed by atoms with Crippen molar-refractivity contribution in [2.45, 2.75) is 25.4 Å². The van der Waals surface area contributed by atoms with Crippen molar-refractivity contribution in [2.75, 3.05) is 16.8 Å². The summed E-state index contributed by atoms with van der Waals surface area (Å²) in [5, 5.41) is 5.78. The smallest absolute Gasteiger partial charge is 0.251 e. The zero-order chi connectivity index (χ0) is 16.5. The summed E-state index contributed by atoms with van der Waals surface area (Å²) in [4.78, 5) is 30.8. The van der Waals surface area contributed by atoms with Crippen LogP contribution in [0.2, 0.25) is 0 Å². The highest BCUT2D eigenvalue weighted by Gasteiger charge is 2.36.